The van der Waals surface area contributed by atoms with E-state index in [-0.39, 0.29) is 22.4 Å². The Balaban J connectivity index is 1.45. The number of thiazole rings is 1. The first-order valence-corrected chi connectivity index (χ1v) is 12.9. The summed E-state index contributed by atoms with van der Waals surface area (Å²) >= 11 is 1.09. The largest absolute Gasteiger partial charge is 0.416 e. The van der Waals surface area contributed by atoms with Crippen LogP contribution in [0.3, 0.4) is 0 Å². The molecule has 1 aliphatic rings. The molecular formula is C26H28F3N5O2S. The van der Waals surface area contributed by atoms with Crippen molar-refractivity contribution in [3.05, 3.63) is 76.8 Å². The lowest BCUT2D eigenvalue weighted by molar-refractivity contribution is -0.137. The van der Waals surface area contributed by atoms with E-state index >= 15 is 0 Å². The summed E-state index contributed by atoms with van der Waals surface area (Å²) in [5, 5.41) is 7.43. The summed E-state index contributed by atoms with van der Waals surface area (Å²) in [5.41, 5.74) is 0.424. The second-order valence-electron chi connectivity index (χ2n) is 8.72. The molecule has 0 bridgehead atoms. The summed E-state index contributed by atoms with van der Waals surface area (Å²) < 4.78 is 39.0. The number of alkyl halides is 3. The molecule has 4 rings (SSSR count). The number of nitrogens with zero attached hydrogens (tertiary/aromatic N) is 3. The Morgan fingerprint density at radius 1 is 1.05 bits per heavy atom. The molecule has 2 amide bonds. The average molecular weight is 532 g/mol. The van der Waals surface area contributed by atoms with Gasteiger partial charge in [-0.3, -0.25) is 9.59 Å². The first kappa shape index (κ1) is 26.6. The fourth-order valence-corrected chi connectivity index (χ4v) is 4.83. The van der Waals surface area contributed by atoms with Crippen LogP contribution in [0.15, 0.2) is 60.0 Å². The highest BCUT2D eigenvalue weighted by Crippen LogP contribution is 2.31. The third-order valence-electron chi connectivity index (χ3n) is 6.20. The van der Waals surface area contributed by atoms with Crippen molar-refractivity contribution >= 4 is 34.0 Å². The van der Waals surface area contributed by atoms with E-state index < -0.39 is 23.7 Å². The van der Waals surface area contributed by atoms with E-state index in [0.29, 0.717) is 19.5 Å². The monoisotopic (exact) mass is 531 g/mol. The molecule has 11 heteroatoms. The molecule has 0 spiro atoms. The van der Waals surface area contributed by atoms with Crippen molar-refractivity contribution in [1.82, 2.24) is 20.1 Å². The predicted octanol–water partition coefficient (Wildman–Crippen LogP) is 4.41. The number of hydrogen-bond acceptors (Lipinski definition) is 6. The number of carbonyl (C=O) groups is 2. The van der Waals surface area contributed by atoms with E-state index in [1.54, 1.807) is 4.90 Å². The van der Waals surface area contributed by atoms with Gasteiger partial charge in [-0.05, 0) is 30.3 Å². The lowest BCUT2D eigenvalue weighted by atomic mass is 10.0. The van der Waals surface area contributed by atoms with Crippen molar-refractivity contribution < 1.29 is 22.8 Å². The minimum Gasteiger partial charge on any atom is -0.339 e. The zero-order chi connectivity index (χ0) is 26.4. The Hall–Kier alpha value is -3.44. The number of aromatic nitrogens is 1. The molecule has 0 aliphatic carbocycles. The average Bonchev–Trinajstić information content (AvgIpc) is 3.37. The zero-order valence-corrected chi connectivity index (χ0v) is 21.1. The van der Waals surface area contributed by atoms with Crippen LogP contribution in [0, 0.1) is 0 Å². The van der Waals surface area contributed by atoms with Gasteiger partial charge in [0.1, 0.15) is 11.7 Å². The smallest absolute Gasteiger partial charge is 0.339 e. The number of hydrogen-bond donors (Lipinski definition) is 2. The molecule has 0 saturated carbocycles. The summed E-state index contributed by atoms with van der Waals surface area (Å²) in [6.45, 7) is 5.76. The molecule has 3 aromatic rings. The first-order chi connectivity index (χ1) is 17.7. The lowest BCUT2D eigenvalue weighted by Gasteiger charge is -2.36. The van der Waals surface area contributed by atoms with Crippen molar-refractivity contribution in [2.45, 2.75) is 25.6 Å². The molecule has 2 heterocycles. The molecule has 1 unspecified atom stereocenters. The second-order valence-corrected chi connectivity index (χ2v) is 9.57. The summed E-state index contributed by atoms with van der Waals surface area (Å²) in [6, 6.07) is 13.4. The van der Waals surface area contributed by atoms with Gasteiger partial charge in [-0.25, -0.2) is 4.98 Å². The number of anilines is 2. The van der Waals surface area contributed by atoms with E-state index in [4.69, 9.17) is 0 Å². The Bertz CT molecular complexity index is 1210. The van der Waals surface area contributed by atoms with Crippen LogP contribution in [0.2, 0.25) is 0 Å². The molecule has 196 valence electrons. The highest BCUT2D eigenvalue weighted by Gasteiger charge is 2.31. The van der Waals surface area contributed by atoms with Gasteiger partial charge in [-0.15, -0.1) is 11.3 Å². The van der Waals surface area contributed by atoms with Gasteiger partial charge in [0.25, 0.3) is 5.91 Å². The molecule has 0 radical (unpaired) electrons. The summed E-state index contributed by atoms with van der Waals surface area (Å²) in [4.78, 5) is 34.7. The maximum Gasteiger partial charge on any atom is 0.416 e. The Labute approximate surface area is 217 Å². The van der Waals surface area contributed by atoms with Gasteiger partial charge in [-0.1, -0.05) is 43.3 Å². The number of rotatable bonds is 8. The van der Waals surface area contributed by atoms with E-state index in [2.05, 4.69) is 27.4 Å². The highest BCUT2D eigenvalue weighted by molar-refractivity contribution is 7.14. The van der Waals surface area contributed by atoms with Crippen LogP contribution in [0.5, 0.6) is 0 Å². The van der Waals surface area contributed by atoms with Gasteiger partial charge < -0.3 is 20.4 Å². The topological polar surface area (TPSA) is 77.6 Å². The van der Waals surface area contributed by atoms with Crippen molar-refractivity contribution in [2.24, 2.45) is 0 Å². The highest BCUT2D eigenvalue weighted by atomic mass is 32.1. The van der Waals surface area contributed by atoms with E-state index in [1.165, 1.54) is 17.5 Å². The van der Waals surface area contributed by atoms with Crippen LogP contribution in [-0.2, 0) is 17.4 Å². The number of benzene rings is 2. The summed E-state index contributed by atoms with van der Waals surface area (Å²) in [6.07, 6.45) is -4.13. The molecule has 1 fully saturated rings. The lowest BCUT2D eigenvalue weighted by Crippen LogP contribution is -2.55. The maximum atomic E-state index is 13.4. The van der Waals surface area contributed by atoms with Gasteiger partial charge in [-0.2, -0.15) is 13.2 Å². The van der Waals surface area contributed by atoms with Gasteiger partial charge in [0.2, 0.25) is 5.91 Å². The number of nitrogens with one attached hydrogen (secondary N) is 2. The third-order valence-corrected chi connectivity index (χ3v) is 6.95. The van der Waals surface area contributed by atoms with E-state index in [1.807, 2.05) is 30.3 Å². The predicted molar refractivity (Wildman–Crippen MR) is 137 cm³/mol. The minimum absolute atomic E-state index is 0.0844. The molecule has 7 nitrogen and oxygen atoms in total. The maximum absolute atomic E-state index is 13.4. The zero-order valence-electron chi connectivity index (χ0n) is 20.3. The van der Waals surface area contributed by atoms with Crippen LogP contribution in [-0.4, -0.2) is 65.4 Å². The quantitative estimate of drug-likeness (QED) is 0.450. The Morgan fingerprint density at radius 2 is 1.78 bits per heavy atom. The van der Waals surface area contributed by atoms with E-state index in [9.17, 15) is 22.8 Å². The van der Waals surface area contributed by atoms with Crippen LogP contribution in [0.1, 0.15) is 28.5 Å². The summed E-state index contributed by atoms with van der Waals surface area (Å²) in [5.74, 6) is -0.666. The fraction of sp³-hybridized carbons (Fsp3) is 0.346. The van der Waals surface area contributed by atoms with Crippen molar-refractivity contribution in [2.75, 3.05) is 38.0 Å². The first-order valence-electron chi connectivity index (χ1n) is 12.0. The Morgan fingerprint density at radius 3 is 2.46 bits per heavy atom. The van der Waals surface area contributed by atoms with Crippen LogP contribution in [0.4, 0.5) is 24.0 Å². The number of halogens is 3. The molecule has 1 atom stereocenters. The number of piperazine rings is 1. The van der Waals surface area contributed by atoms with Crippen LogP contribution >= 0.6 is 11.3 Å². The van der Waals surface area contributed by atoms with E-state index in [0.717, 1.165) is 48.7 Å². The molecule has 1 aliphatic heterocycles. The molecular weight excluding hydrogens is 503 g/mol. The van der Waals surface area contributed by atoms with Crippen molar-refractivity contribution in [3.63, 3.8) is 0 Å². The molecule has 37 heavy (non-hydrogen) atoms. The Kier molecular flexibility index (Phi) is 8.45. The SMILES string of the molecule is CCN1CCN(C(=O)C(Cc2ccccc2)NC(=O)c2csc(Nc3cccc(C(F)(F)F)c3)n2)CC1. The fourth-order valence-electron chi connectivity index (χ4n) is 4.12. The number of likely N-dealkylation sites (N-methyl/N-ethyl adjacent to an activating group) is 1. The van der Waals surface area contributed by atoms with Gasteiger partial charge >= 0.3 is 6.18 Å². The van der Waals surface area contributed by atoms with Crippen LogP contribution in [0.25, 0.3) is 0 Å². The van der Waals surface area contributed by atoms with Gasteiger partial charge in [0, 0.05) is 43.7 Å². The third kappa shape index (κ3) is 7.07. The summed E-state index contributed by atoms with van der Waals surface area (Å²) in [7, 11) is 0. The molecule has 2 aromatic carbocycles. The normalized spacial score (nSPS) is 15.3. The second kappa shape index (κ2) is 11.7. The standard InChI is InChI=1S/C26H28F3N5O2S/c1-2-33-11-13-34(14-12-33)24(36)21(15-18-7-4-3-5-8-18)31-23(35)22-17-37-25(32-22)30-20-10-6-9-19(16-20)26(27,28)29/h3-10,16-17,21H,2,11-15H2,1H3,(H,30,32)(H,31,35). The molecule has 1 aromatic heterocycles. The number of amides is 2. The minimum atomic E-state index is -4.46. The molecule has 2 N–H and O–H groups in total. The molecule has 1 saturated heterocycles. The van der Waals surface area contributed by atoms with Gasteiger partial charge in [0.15, 0.2) is 5.13 Å². The van der Waals surface area contributed by atoms with Gasteiger partial charge in [0.05, 0.1) is 5.56 Å². The van der Waals surface area contributed by atoms with Crippen molar-refractivity contribution in [1.29, 1.82) is 0 Å². The van der Waals surface area contributed by atoms with Crippen molar-refractivity contribution in [3.8, 4) is 0 Å². The number of carbonyl (C=O) groups excluding carboxylic acids is 2. The van der Waals surface area contributed by atoms with Crippen LogP contribution < -0.4 is 10.6 Å².